The van der Waals surface area contributed by atoms with E-state index in [0.29, 0.717) is 12.2 Å². The average Bonchev–Trinajstić information content (AvgIpc) is 2.63. The SMILES string of the molecule is CC=C(C)OC1=CCC(C)(c2nc(OC(C)C(N)=O)cc(C(N)O)n2)C=C1. The zero-order chi connectivity index (χ0) is 20.2. The Morgan fingerprint density at radius 2 is 2.15 bits per heavy atom. The molecular formula is C19H26N4O4. The van der Waals surface area contributed by atoms with Crippen LogP contribution >= 0.6 is 0 Å². The van der Waals surface area contributed by atoms with Gasteiger partial charge >= 0.3 is 0 Å². The van der Waals surface area contributed by atoms with E-state index in [0.717, 1.165) is 11.5 Å². The Bertz CT molecular complexity index is 801. The smallest absolute Gasteiger partial charge is 0.258 e. The van der Waals surface area contributed by atoms with E-state index >= 15 is 0 Å². The monoisotopic (exact) mass is 374 g/mol. The molecule has 1 aliphatic rings. The second kappa shape index (κ2) is 8.32. The number of aliphatic hydroxyl groups excluding tert-OH is 1. The van der Waals surface area contributed by atoms with Crippen LogP contribution in [0, 0.1) is 0 Å². The molecule has 0 spiro atoms. The van der Waals surface area contributed by atoms with E-state index in [-0.39, 0.29) is 11.6 Å². The summed E-state index contributed by atoms with van der Waals surface area (Å²) in [7, 11) is 0. The Hall–Kier alpha value is -2.71. The van der Waals surface area contributed by atoms with E-state index < -0.39 is 23.7 Å². The highest BCUT2D eigenvalue weighted by molar-refractivity contribution is 5.78. The maximum atomic E-state index is 11.3. The summed E-state index contributed by atoms with van der Waals surface area (Å²) in [4.78, 5) is 20.0. The van der Waals surface area contributed by atoms with Crippen molar-refractivity contribution >= 4 is 5.91 Å². The summed E-state index contributed by atoms with van der Waals surface area (Å²) in [6.07, 6.45) is 5.97. The van der Waals surface area contributed by atoms with Crippen molar-refractivity contribution in [1.82, 2.24) is 9.97 Å². The second-order valence-corrected chi connectivity index (χ2v) is 6.62. The molecule has 8 heteroatoms. The number of hydrogen-bond acceptors (Lipinski definition) is 7. The van der Waals surface area contributed by atoms with E-state index in [1.54, 1.807) is 0 Å². The molecule has 146 valence electrons. The highest BCUT2D eigenvalue weighted by atomic mass is 16.5. The normalized spacial score (nSPS) is 22.0. The first-order chi connectivity index (χ1) is 12.6. The Balaban J connectivity index is 2.33. The quantitative estimate of drug-likeness (QED) is 0.489. The van der Waals surface area contributed by atoms with Gasteiger partial charge in [-0.05, 0) is 52.3 Å². The van der Waals surface area contributed by atoms with Crippen LogP contribution in [0.1, 0.15) is 51.9 Å². The first-order valence-corrected chi connectivity index (χ1v) is 8.64. The number of allylic oxidation sites excluding steroid dienone is 5. The number of hydrogen-bond donors (Lipinski definition) is 3. The third-order valence-corrected chi connectivity index (χ3v) is 4.26. The lowest BCUT2D eigenvalue weighted by molar-refractivity contribution is -0.124. The van der Waals surface area contributed by atoms with E-state index in [4.69, 9.17) is 20.9 Å². The summed E-state index contributed by atoms with van der Waals surface area (Å²) in [6, 6.07) is 1.39. The van der Waals surface area contributed by atoms with Crippen LogP contribution < -0.4 is 16.2 Å². The number of carbonyl (C=O) groups excluding carboxylic acids is 1. The van der Waals surface area contributed by atoms with Crippen molar-refractivity contribution < 1.29 is 19.4 Å². The Morgan fingerprint density at radius 1 is 1.44 bits per heavy atom. The van der Waals surface area contributed by atoms with E-state index in [1.165, 1.54) is 13.0 Å². The molecule has 1 aromatic heterocycles. The van der Waals surface area contributed by atoms with E-state index in [9.17, 15) is 9.90 Å². The number of amides is 1. The van der Waals surface area contributed by atoms with Crippen molar-refractivity contribution in [3.63, 3.8) is 0 Å². The topological polar surface area (TPSA) is 134 Å². The van der Waals surface area contributed by atoms with Gasteiger partial charge in [0.2, 0.25) is 5.88 Å². The Morgan fingerprint density at radius 3 is 2.67 bits per heavy atom. The van der Waals surface area contributed by atoms with Crippen molar-refractivity contribution in [3.8, 4) is 5.88 Å². The zero-order valence-electron chi connectivity index (χ0n) is 16.0. The van der Waals surface area contributed by atoms with Crippen molar-refractivity contribution in [3.05, 3.63) is 53.4 Å². The fraction of sp³-hybridized carbons (Fsp3) is 0.421. The third-order valence-electron chi connectivity index (χ3n) is 4.26. The molecule has 27 heavy (non-hydrogen) atoms. The number of nitrogens with two attached hydrogens (primary N) is 2. The Kier molecular flexibility index (Phi) is 6.35. The summed E-state index contributed by atoms with van der Waals surface area (Å²) >= 11 is 0. The summed E-state index contributed by atoms with van der Waals surface area (Å²) < 4.78 is 11.2. The molecule has 0 bridgehead atoms. The lowest BCUT2D eigenvalue weighted by atomic mass is 9.82. The molecule has 0 radical (unpaired) electrons. The summed E-state index contributed by atoms with van der Waals surface area (Å²) in [6.45, 7) is 7.24. The van der Waals surface area contributed by atoms with Crippen LogP contribution in [0.3, 0.4) is 0 Å². The highest BCUT2D eigenvalue weighted by Crippen LogP contribution is 2.33. The van der Waals surface area contributed by atoms with Crippen LogP contribution in [0.15, 0.2) is 41.9 Å². The molecule has 1 aliphatic carbocycles. The van der Waals surface area contributed by atoms with Crippen LogP contribution in [0.5, 0.6) is 5.88 Å². The van der Waals surface area contributed by atoms with Gasteiger partial charge in [-0.3, -0.25) is 4.79 Å². The first kappa shape index (κ1) is 20.6. The van der Waals surface area contributed by atoms with Gasteiger partial charge in [0, 0.05) is 11.5 Å². The molecule has 2 rings (SSSR count). The molecule has 0 saturated heterocycles. The number of primary amides is 1. The fourth-order valence-corrected chi connectivity index (χ4v) is 2.35. The van der Waals surface area contributed by atoms with E-state index in [2.05, 4.69) is 9.97 Å². The molecule has 1 aromatic rings. The highest BCUT2D eigenvalue weighted by Gasteiger charge is 2.30. The number of aliphatic hydroxyl groups is 1. The van der Waals surface area contributed by atoms with Crippen LogP contribution in [0.2, 0.25) is 0 Å². The fourth-order valence-electron chi connectivity index (χ4n) is 2.35. The maximum absolute atomic E-state index is 11.3. The number of aromatic nitrogens is 2. The zero-order valence-corrected chi connectivity index (χ0v) is 16.0. The molecule has 1 amide bonds. The van der Waals surface area contributed by atoms with Crippen LogP contribution in [0.25, 0.3) is 0 Å². The molecule has 5 N–H and O–H groups in total. The molecular weight excluding hydrogens is 348 g/mol. The van der Waals surface area contributed by atoms with Gasteiger partial charge in [0.15, 0.2) is 6.10 Å². The second-order valence-electron chi connectivity index (χ2n) is 6.62. The summed E-state index contributed by atoms with van der Waals surface area (Å²) in [5, 5.41) is 9.75. The van der Waals surface area contributed by atoms with Crippen LogP contribution in [-0.4, -0.2) is 27.1 Å². The minimum absolute atomic E-state index is 0.121. The lowest BCUT2D eigenvalue weighted by Crippen LogP contribution is -2.32. The number of rotatable bonds is 7. The van der Waals surface area contributed by atoms with Gasteiger partial charge in [-0.2, -0.15) is 4.98 Å². The predicted octanol–water partition coefficient (Wildman–Crippen LogP) is 1.72. The summed E-state index contributed by atoms with van der Waals surface area (Å²) in [5.41, 5.74) is 10.4. The van der Waals surface area contributed by atoms with Gasteiger partial charge in [0.05, 0.1) is 11.5 Å². The standard InChI is InChI=1S/C19H26N4O4/c1-5-11(2)26-13-6-8-19(4,9-7-13)18-22-14(17(21)25)10-15(23-18)27-12(3)16(20)24/h5-8,10,12,17,25H,9,21H2,1-4H3,(H2,20,24). The molecule has 0 saturated carbocycles. The van der Waals surface area contributed by atoms with Crippen molar-refractivity contribution in [1.29, 1.82) is 0 Å². The minimum Gasteiger partial charge on any atom is -0.464 e. The van der Waals surface area contributed by atoms with Gasteiger partial charge in [-0.15, -0.1) is 0 Å². The molecule has 8 nitrogen and oxygen atoms in total. The van der Waals surface area contributed by atoms with Crippen LogP contribution in [0.4, 0.5) is 0 Å². The van der Waals surface area contributed by atoms with Crippen molar-refractivity contribution in [2.75, 3.05) is 0 Å². The Labute approximate surface area is 158 Å². The lowest BCUT2D eigenvalue weighted by Gasteiger charge is -2.27. The predicted molar refractivity (Wildman–Crippen MR) is 100 cm³/mol. The van der Waals surface area contributed by atoms with Gasteiger partial charge in [0.25, 0.3) is 5.91 Å². The third kappa shape index (κ3) is 5.15. The number of carbonyl (C=O) groups is 1. The number of ether oxygens (including phenoxy) is 2. The molecule has 1 heterocycles. The molecule has 3 unspecified atom stereocenters. The number of nitrogens with zero attached hydrogens (tertiary/aromatic N) is 2. The van der Waals surface area contributed by atoms with Crippen molar-refractivity contribution in [2.45, 2.75) is 51.9 Å². The molecule has 0 aliphatic heterocycles. The molecule has 0 aromatic carbocycles. The van der Waals surface area contributed by atoms with Crippen LogP contribution in [-0.2, 0) is 14.9 Å². The van der Waals surface area contributed by atoms with Crippen molar-refractivity contribution in [2.24, 2.45) is 11.5 Å². The van der Waals surface area contributed by atoms with Gasteiger partial charge in [-0.25, -0.2) is 4.98 Å². The summed E-state index contributed by atoms with van der Waals surface area (Å²) in [5.74, 6) is 1.44. The van der Waals surface area contributed by atoms with Gasteiger partial charge in [-0.1, -0.05) is 6.08 Å². The average molecular weight is 374 g/mol. The largest absolute Gasteiger partial charge is 0.464 e. The van der Waals surface area contributed by atoms with E-state index in [1.807, 2.05) is 45.1 Å². The molecule has 0 fully saturated rings. The van der Waals surface area contributed by atoms with Gasteiger partial charge in [0.1, 0.15) is 17.8 Å². The van der Waals surface area contributed by atoms with Gasteiger partial charge < -0.3 is 26.0 Å². The molecule has 3 atom stereocenters. The maximum Gasteiger partial charge on any atom is 0.258 e. The minimum atomic E-state index is -1.30. The first-order valence-electron chi connectivity index (χ1n) is 8.64.